The summed E-state index contributed by atoms with van der Waals surface area (Å²) in [6, 6.07) is 5.73. The molecule has 0 aromatic carbocycles. The zero-order chi connectivity index (χ0) is 11.1. The monoisotopic (exact) mass is 207 g/mol. The number of aromatic nitrogens is 1. The van der Waals surface area contributed by atoms with E-state index in [0.717, 1.165) is 25.0 Å². The lowest BCUT2D eigenvalue weighted by atomic mass is 9.97. The van der Waals surface area contributed by atoms with Gasteiger partial charge in [-0.05, 0) is 31.4 Å². The van der Waals surface area contributed by atoms with Gasteiger partial charge in [0.1, 0.15) is 0 Å². The van der Waals surface area contributed by atoms with Crippen molar-refractivity contribution in [2.45, 2.75) is 32.6 Å². The highest BCUT2D eigenvalue weighted by Gasteiger charge is 2.15. The van der Waals surface area contributed by atoms with Gasteiger partial charge in [0.2, 0.25) is 0 Å². The normalized spacial score (nSPS) is 12.3. The van der Waals surface area contributed by atoms with E-state index in [0.29, 0.717) is 6.42 Å². The van der Waals surface area contributed by atoms with E-state index in [1.807, 2.05) is 25.1 Å². The zero-order valence-electron chi connectivity index (χ0n) is 9.02. The summed E-state index contributed by atoms with van der Waals surface area (Å²) in [5, 5.41) is 8.96. The van der Waals surface area contributed by atoms with Crippen LogP contribution in [0, 0.1) is 5.92 Å². The van der Waals surface area contributed by atoms with Gasteiger partial charge in [-0.1, -0.05) is 19.4 Å². The van der Waals surface area contributed by atoms with Crippen molar-refractivity contribution in [1.29, 1.82) is 0 Å². The van der Waals surface area contributed by atoms with Crippen LogP contribution in [0.15, 0.2) is 24.4 Å². The Kier molecular flexibility index (Phi) is 4.81. The maximum atomic E-state index is 10.9. The minimum atomic E-state index is -0.687. The number of rotatable bonds is 6. The number of carboxylic acids is 1. The second-order valence-corrected chi connectivity index (χ2v) is 3.68. The quantitative estimate of drug-likeness (QED) is 0.779. The second-order valence-electron chi connectivity index (χ2n) is 3.68. The van der Waals surface area contributed by atoms with Crippen molar-refractivity contribution in [3.8, 4) is 0 Å². The fourth-order valence-corrected chi connectivity index (χ4v) is 1.61. The smallest absolute Gasteiger partial charge is 0.306 e. The number of hydrogen-bond donors (Lipinski definition) is 1. The number of hydrogen-bond acceptors (Lipinski definition) is 2. The first kappa shape index (κ1) is 11.7. The third-order valence-corrected chi connectivity index (χ3v) is 2.46. The lowest BCUT2D eigenvalue weighted by Gasteiger charge is -2.10. The van der Waals surface area contributed by atoms with Gasteiger partial charge in [-0.2, -0.15) is 0 Å². The van der Waals surface area contributed by atoms with E-state index < -0.39 is 5.97 Å². The van der Waals surface area contributed by atoms with E-state index in [4.69, 9.17) is 5.11 Å². The van der Waals surface area contributed by atoms with Crippen LogP contribution in [-0.4, -0.2) is 16.1 Å². The number of nitrogens with zero attached hydrogens (tertiary/aromatic N) is 1. The molecule has 1 aromatic heterocycles. The van der Waals surface area contributed by atoms with Crippen LogP contribution in [0.2, 0.25) is 0 Å². The zero-order valence-corrected chi connectivity index (χ0v) is 9.02. The molecule has 3 heteroatoms. The summed E-state index contributed by atoms with van der Waals surface area (Å²) in [6.45, 7) is 2.01. The molecule has 0 aliphatic rings. The number of aliphatic carboxylic acids is 1. The van der Waals surface area contributed by atoms with Crippen molar-refractivity contribution in [3.05, 3.63) is 30.1 Å². The Labute approximate surface area is 90.2 Å². The SMILES string of the molecule is CCCC(CCc1ccccn1)C(=O)O. The highest BCUT2D eigenvalue weighted by molar-refractivity contribution is 5.69. The Bertz CT molecular complexity index is 298. The fraction of sp³-hybridized carbons (Fsp3) is 0.500. The summed E-state index contributed by atoms with van der Waals surface area (Å²) in [4.78, 5) is 15.1. The van der Waals surface area contributed by atoms with Gasteiger partial charge >= 0.3 is 5.97 Å². The fourth-order valence-electron chi connectivity index (χ4n) is 1.61. The van der Waals surface area contributed by atoms with Crippen LogP contribution in [0.3, 0.4) is 0 Å². The lowest BCUT2D eigenvalue weighted by molar-refractivity contribution is -0.142. The summed E-state index contributed by atoms with van der Waals surface area (Å²) in [6.07, 6.45) is 4.84. The molecular formula is C12H17NO2. The van der Waals surface area contributed by atoms with Crippen LogP contribution in [0.5, 0.6) is 0 Å². The van der Waals surface area contributed by atoms with Crippen LogP contribution in [0.1, 0.15) is 31.9 Å². The van der Waals surface area contributed by atoms with Gasteiger partial charge in [0.25, 0.3) is 0 Å². The first-order valence-electron chi connectivity index (χ1n) is 5.36. The largest absolute Gasteiger partial charge is 0.481 e. The van der Waals surface area contributed by atoms with Crippen LogP contribution in [0.25, 0.3) is 0 Å². The molecule has 0 spiro atoms. The average Bonchev–Trinajstić information content (AvgIpc) is 2.25. The molecule has 1 rings (SSSR count). The first-order chi connectivity index (χ1) is 7.24. The Morgan fingerprint density at radius 2 is 2.27 bits per heavy atom. The van der Waals surface area contributed by atoms with Crippen molar-refractivity contribution in [1.82, 2.24) is 4.98 Å². The van der Waals surface area contributed by atoms with Gasteiger partial charge in [0, 0.05) is 11.9 Å². The number of carboxylic acid groups (broad SMARTS) is 1. The van der Waals surface area contributed by atoms with Crippen molar-refractivity contribution in [2.24, 2.45) is 5.92 Å². The van der Waals surface area contributed by atoms with E-state index in [-0.39, 0.29) is 5.92 Å². The van der Waals surface area contributed by atoms with Crippen molar-refractivity contribution in [2.75, 3.05) is 0 Å². The molecule has 0 amide bonds. The van der Waals surface area contributed by atoms with Gasteiger partial charge in [-0.15, -0.1) is 0 Å². The number of pyridine rings is 1. The van der Waals surface area contributed by atoms with Gasteiger partial charge in [0.15, 0.2) is 0 Å². The molecule has 0 radical (unpaired) electrons. The molecule has 1 unspecified atom stereocenters. The van der Waals surface area contributed by atoms with E-state index in [1.165, 1.54) is 0 Å². The minimum absolute atomic E-state index is 0.225. The number of carbonyl (C=O) groups is 1. The highest BCUT2D eigenvalue weighted by Crippen LogP contribution is 2.14. The summed E-state index contributed by atoms with van der Waals surface area (Å²) in [7, 11) is 0. The van der Waals surface area contributed by atoms with Crippen LogP contribution < -0.4 is 0 Å². The summed E-state index contributed by atoms with van der Waals surface area (Å²) in [5.74, 6) is -0.912. The highest BCUT2D eigenvalue weighted by atomic mass is 16.4. The van der Waals surface area contributed by atoms with Crippen molar-refractivity contribution >= 4 is 5.97 Å². The summed E-state index contributed by atoms with van der Waals surface area (Å²) >= 11 is 0. The van der Waals surface area contributed by atoms with E-state index in [9.17, 15) is 4.79 Å². The van der Waals surface area contributed by atoms with Gasteiger partial charge in [0.05, 0.1) is 5.92 Å². The maximum Gasteiger partial charge on any atom is 0.306 e. The third-order valence-electron chi connectivity index (χ3n) is 2.46. The standard InChI is InChI=1S/C12H17NO2/c1-2-5-10(12(14)15)7-8-11-6-3-4-9-13-11/h3-4,6,9-10H,2,5,7-8H2,1H3,(H,14,15). The van der Waals surface area contributed by atoms with Gasteiger partial charge in [-0.25, -0.2) is 0 Å². The molecule has 82 valence electrons. The average molecular weight is 207 g/mol. The van der Waals surface area contributed by atoms with Gasteiger partial charge < -0.3 is 5.11 Å². The van der Waals surface area contributed by atoms with Crippen LogP contribution >= 0.6 is 0 Å². The first-order valence-corrected chi connectivity index (χ1v) is 5.36. The lowest BCUT2D eigenvalue weighted by Crippen LogP contribution is -2.14. The molecule has 0 bridgehead atoms. The molecule has 0 saturated heterocycles. The molecule has 0 saturated carbocycles. The molecule has 0 aliphatic heterocycles. The molecule has 1 N–H and O–H groups in total. The summed E-state index contributed by atoms with van der Waals surface area (Å²) in [5.41, 5.74) is 0.972. The minimum Gasteiger partial charge on any atom is -0.481 e. The van der Waals surface area contributed by atoms with Crippen LogP contribution in [0.4, 0.5) is 0 Å². The van der Waals surface area contributed by atoms with Crippen molar-refractivity contribution < 1.29 is 9.90 Å². The summed E-state index contributed by atoms with van der Waals surface area (Å²) < 4.78 is 0. The van der Waals surface area contributed by atoms with Crippen molar-refractivity contribution in [3.63, 3.8) is 0 Å². The molecule has 15 heavy (non-hydrogen) atoms. The van der Waals surface area contributed by atoms with E-state index >= 15 is 0 Å². The predicted octanol–water partition coefficient (Wildman–Crippen LogP) is 2.52. The molecular weight excluding hydrogens is 190 g/mol. The Morgan fingerprint density at radius 1 is 1.47 bits per heavy atom. The Morgan fingerprint density at radius 3 is 2.80 bits per heavy atom. The third kappa shape index (κ3) is 4.11. The molecule has 3 nitrogen and oxygen atoms in total. The molecule has 0 aliphatic carbocycles. The Hall–Kier alpha value is -1.38. The maximum absolute atomic E-state index is 10.9. The molecule has 1 atom stereocenters. The second kappa shape index (κ2) is 6.17. The van der Waals surface area contributed by atoms with E-state index in [2.05, 4.69) is 4.98 Å². The van der Waals surface area contributed by atoms with E-state index in [1.54, 1.807) is 6.20 Å². The van der Waals surface area contributed by atoms with Gasteiger partial charge in [-0.3, -0.25) is 9.78 Å². The number of aryl methyl sites for hydroxylation is 1. The molecule has 0 fully saturated rings. The topological polar surface area (TPSA) is 50.2 Å². The Balaban J connectivity index is 2.43. The molecule has 1 aromatic rings. The van der Waals surface area contributed by atoms with Crippen LogP contribution in [-0.2, 0) is 11.2 Å². The molecule has 1 heterocycles. The predicted molar refractivity (Wildman–Crippen MR) is 58.6 cm³/mol.